The summed E-state index contributed by atoms with van der Waals surface area (Å²) in [5.41, 5.74) is 4.80. The highest BCUT2D eigenvalue weighted by atomic mass is 79.9. The Balaban J connectivity index is 1.59. The van der Waals surface area contributed by atoms with Crippen LogP contribution < -0.4 is 4.74 Å². The minimum Gasteiger partial charge on any atom is -0.496 e. The van der Waals surface area contributed by atoms with E-state index < -0.39 is 0 Å². The molecule has 3 nitrogen and oxygen atoms in total. The lowest BCUT2D eigenvalue weighted by molar-refractivity contribution is 0.366. The average Bonchev–Trinajstić information content (AvgIpc) is 3.34. The van der Waals surface area contributed by atoms with Gasteiger partial charge in [-0.3, -0.25) is 9.89 Å². The number of ether oxygens (including phenoxy) is 1. The second kappa shape index (κ2) is 6.63. The first-order valence-electron chi connectivity index (χ1n) is 9.07. The van der Waals surface area contributed by atoms with E-state index in [1.54, 1.807) is 7.11 Å². The summed E-state index contributed by atoms with van der Waals surface area (Å²) in [7, 11) is 1.72. The Labute approximate surface area is 167 Å². The second-order valence-corrected chi connectivity index (χ2v) is 7.80. The van der Waals surface area contributed by atoms with Crippen molar-refractivity contribution >= 4 is 21.6 Å². The quantitative estimate of drug-likeness (QED) is 0.530. The maximum absolute atomic E-state index is 5.62. The molecule has 2 heterocycles. The zero-order chi connectivity index (χ0) is 18.4. The van der Waals surface area contributed by atoms with Crippen molar-refractivity contribution in [3.63, 3.8) is 0 Å². The van der Waals surface area contributed by atoms with E-state index in [0.717, 1.165) is 21.5 Å². The van der Waals surface area contributed by atoms with Crippen LogP contribution >= 0.6 is 15.9 Å². The van der Waals surface area contributed by atoms with E-state index in [1.807, 2.05) is 12.1 Å². The minimum absolute atomic E-state index is 0.0185. The topological polar surface area (TPSA) is 24.6 Å². The molecule has 1 unspecified atom stereocenters. The molecular weight excluding hydrogens is 400 g/mol. The van der Waals surface area contributed by atoms with E-state index in [1.165, 1.54) is 11.1 Å². The maximum atomic E-state index is 5.62. The zero-order valence-electron chi connectivity index (χ0n) is 14.9. The van der Waals surface area contributed by atoms with Crippen LogP contribution in [0.5, 0.6) is 5.75 Å². The normalized spacial score (nSPS) is 25.6. The number of rotatable bonds is 4. The van der Waals surface area contributed by atoms with Crippen LogP contribution in [0.3, 0.4) is 0 Å². The molecule has 1 fully saturated rings. The van der Waals surface area contributed by atoms with Crippen molar-refractivity contribution in [2.24, 2.45) is 4.99 Å². The molecule has 0 radical (unpaired) electrons. The molecule has 0 N–H and O–H groups in total. The molecule has 4 atom stereocenters. The van der Waals surface area contributed by atoms with Crippen molar-refractivity contribution in [2.75, 3.05) is 7.11 Å². The van der Waals surface area contributed by atoms with Gasteiger partial charge in [0, 0.05) is 10.0 Å². The molecule has 3 aromatic rings. The van der Waals surface area contributed by atoms with E-state index in [-0.39, 0.29) is 6.17 Å². The van der Waals surface area contributed by atoms with Crippen LogP contribution in [0.2, 0.25) is 0 Å². The SMILES string of the molecule is COc1ccccc1[C@@H]1N=C(c2ccc(Br)cc2)[C@H]2[C@@H](c3ccccc3)N12. The molecule has 2 aliphatic rings. The summed E-state index contributed by atoms with van der Waals surface area (Å²) in [4.78, 5) is 7.60. The van der Waals surface area contributed by atoms with Crippen LogP contribution in [0.25, 0.3) is 0 Å². The lowest BCUT2D eigenvalue weighted by Gasteiger charge is -2.17. The lowest BCUT2D eigenvalue weighted by Crippen LogP contribution is -2.08. The van der Waals surface area contributed by atoms with Gasteiger partial charge in [-0.2, -0.15) is 0 Å². The summed E-state index contributed by atoms with van der Waals surface area (Å²) in [6, 6.07) is 28.0. The van der Waals surface area contributed by atoms with Gasteiger partial charge in [-0.05, 0) is 29.3 Å². The Morgan fingerprint density at radius 3 is 2.30 bits per heavy atom. The third-order valence-electron chi connectivity index (χ3n) is 5.37. The summed E-state index contributed by atoms with van der Waals surface area (Å²) in [6.45, 7) is 0. The summed E-state index contributed by atoms with van der Waals surface area (Å²) < 4.78 is 6.70. The standard InChI is InChI=1S/C23H19BrN2O/c1-27-19-10-6-5-9-18(19)23-25-20(15-11-13-17(24)14-12-15)22-21(26(22)23)16-7-3-2-4-8-16/h2-14,21-23H,1H3/t21-,22+,23-,26?/m1/s1. The lowest BCUT2D eigenvalue weighted by atomic mass is 10.0. The highest BCUT2D eigenvalue weighted by Gasteiger charge is 2.59. The maximum Gasteiger partial charge on any atom is 0.133 e. The van der Waals surface area contributed by atoms with Crippen LogP contribution in [0.1, 0.15) is 28.9 Å². The molecule has 3 aromatic carbocycles. The Kier molecular flexibility index (Phi) is 4.10. The van der Waals surface area contributed by atoms with E-state index in [4.69, 9.17) is 9.73 Å². The number of methoxy groups -OCH3 is 1. The number of fused-ring (bicyclic) bond motifs is 1. The molecule has 5 rings (SSSR count). The molecule has 0 bridgehead atoms. The number of hydrogen-bond acceptors (Lipinski definition) is 3. The van der Waals surface area contributed by atoms with Gasteiger partial charge in [-0.1, -0.05) is 76.6 Å². The van der Waals surface area contributed by atoms with Gasteiger partial charge in [0.1, 0.15) is 11.9 Å². The number of hydrogen-bond donors (Lipinski definition) is 0. The van der Waals surface area contributed by atoms with Crippen molar-refractivity contribution in [3.8, 4) is 5.75 Å². The fraction of sp³-hybridized carbons (Fsp3) is 0.174. The third kappa shape index (κ3) is 2.80. The number of nitrogens with zero attached hydrogens (tertiary/aromatic N) is 2. The van der Waals surface area contributed by atoms with Gasteiger partial charge in [0.2, 0.25) is 0 Å². The van der Waals surface area contributed by atoms with Crippen LogP contribution in [0.15, 0.2) is 88.3 Å². The van der Waals surface area contributed by atoms with Crippen molar-refractivity contribution < 1.29 is 4.74 Å². The third-order valence-corrected chi connectivity index (χ3v) is 5.90. The molecule has 1 saturated heterocycles. The first kappa shape index (κ1) is 16.7. The van der Waals surface area contributed by atoms with E-state index in [9.17, 15) is 0 Å². The van der Waals surface area contributed by atoms with E-state index in [2.05, 4.69) is 87.6 Å². The van der Waals surface area contributed by atoms with Crippen LogP contribution in [-0.2, 0) is 0 Å². The summed E-state index contributed by atoms with van der Waals surface area (Å²) in [5, 5.41) is 0. The highest BCUT2D eigenvalue weighted by Crippen LogP contribution is 2.56. The van der Waals surface area contributed by atoms with Gasteiger partial charge in [-0.25, -0.2) is 0 Å². The summed E-state index contributed by atoms with van der Waals surface area (Å²) in [6.07, 6.45) is -0.0185. The molecule has 2 aliphatic heterocycles. The van der Waals surface area contributed by atoms with Gasteiger partial charge < -0.3 is 4.74 Å². The van der Waals surface area contributed by atoms with Crippen LogP contribution in [-0.4, -0.2) is 23.8 Å². The van der Waals surface area contributed by atoms with E-state index in [0.29, 0.717) is 12.1 Å². The fourth-order valence-corrected chi connectivity index (χ4v) is 4.36. The van der Waals surface area contributed by atoms with Gasteiger partial charge in [0.05, 0.1) is 24.9 Å². The van der Waals surface area contributed by atoms with Crippen molar-refractivity contribution in [1.29, 1.82) is 0 Å². The smallest absolute Gasteiger partial charge is 0.133 e. The first-order chi connectivity index (χ1) is 13.3. The Morgan fingerprint density at radius 1 is 0.852 bits per heavy atom. The summed E-state index contributed by atoms with van der Waals surface area (Å²) >= 11 is 3.53. The van der Waals surface area contributed by atoms with Gasteiger partial charge in [0.15, 0.2) is 0 Å². The predicted octanol–water partition coefficient (Wildman–Crippen LogP) is 5.38. The fourth-order valence-electron chi connectivity index (χ4n) is 4.10. The van der Waals surface area contributed by atoms with Gasteiger partial charge in [0.25, 0.3) is 0 Å². The predicted molar refractivity (Wildman–Crippen MR) is 111 cm³/mol. The number of benzene rings is 3. The second-order valence-electron chi connectivity index (χ2n) is 6.88. The largest absolute Gasteiger partial charge is 0.496 e. The molecule has 0 saturated carbocycles. The van der Waals surface area contributed by atoms with Crippen molar-refractivity contribution in [3.05, 3.63) is 100 Å². The first-order valence-corrected chi connectivity index (χ1v) is 9.86. The van der Waals surface area contributed by atoms with Crippen molar-refractivity contribution in [2.45, 2.75) is 18.2 Å². The number of halogens is 1. The van der Waals surface area contributed by atoms with Gasteiger partial charge in [-0.15, -0.1) is 0 Å². The molecule has 134 valence electrons. The molecule has 27 heavy (non-hydrogen) atoms. The highest BCUT2D eigenvalue weighted by molar-refractivity contribution is 9.10. The number of aliphatic imine (C=N–C) groups is 1. The number of para-hydroxylation sites is 1. The molecule has 0 aliphatic carbocycles. The van der Waals surface area contributed by atoms with Gasteiger partial charge >= 0.3 is 0 Å². The van der Waals surface area contributed by atoms with Crippen molar-refractivity contribution in [1.82, 2.24) is 4.90 Å². The molecule has 0 spiro atoms. The molecule has 0 aromatic heterocycles. The average molecular weight is 419 g/mol. The minimum atomic E-state index is -0.0185. The van der Waals surface area contributed by atoms with Crippen LogP contribution in [0.4, 0.5) is 0 Å². The molecular formula is C23H19BrN2O. The molecule has 4 heteroatoms. The van der Waals surface area contributed by atoms with Crippen LogP contribution in [0, 0.1) is 0 Å². The zero-order valence-corrected chi connectivity index (χ0v) is 16.5. The monoisotopic (exact) mass is 418 g/mol. The Morgan fingerprint density at radius 2 is 1.56 bits per heavy atom. The Bertz CT molecular complexity index is 1000. The Hall–Kier alpha value is -2.43. The van der Waals surface area contributed by atoms with E-state index >= 15 is 0 Å². The summed E-state index contributed by atoms with van der Waals surface area (Å²) in [5.74, 6) is 0.890. The molecule has 0 amide bonds.